The van der Waals surface area contributed by atoms with Crippen LogP contribution in [0.2, 0.25) is 0 Å². The van der Waals surface area contributed by atoms with E-state index in [0.29, 0.717) is 5.56 Å². The minimum atomic E-state index is -0.130. The SMILES string of the molecule is O=C(Nc1ccc2cccnc2c1)c1ccc2cc(Br)ccc2c1. The van der Waals surface area contributed by atoms with E-state index in [1.807, 2.05) is 66.7 Å². The first-order valence-electron chi connectivity index (χ1n) is 7.54. The van der Waals surface area contributed by atoms with Crippen LogP contribution in [-0.4, -0.2) is 10.9 Å². The summed E-state index contributed by atoms with van der Waals surface area (Å²) in [6.45, 7) is 0. The summed E-state index contributed by atoms with van der Waals surface area (Å²) in [6, 6.07) is 21.3. The number of hydrogen-bond acceptors (Lipinski definition) is 2. The Morgan fingerprint density at radius 3 is 2.58 bits per heavy atom. The van der Waals surface area contributed by atoms with Gasteiger partial charge in [-0.05, 0) is 53.2 Å². The van der Waals surface area contributed by atoms with Crippen LogP contribution in [0, 0.1) is 0 Å². The summed E-state index contributed by atoms with van der Waals surface area (Å²) in [5, 5.41) is 6.11. The van der Waals surface area contributed by atoms with E-state index in [9.17, 15) is 4.79 Å². The van der Waals surface area contributed by atoms with Crippen LogP contribution in [0.5, 0.6) is 0 Å². The Hall–Kier alpha value is -2.72. The fourth-order valence-corrected chi connectivity index (χ4v) is 3.08. The molecule has 0 aliphatic carbocycles. The van der Waals surface area contributed by atoms with E-state index >= 15 is 0 Å². The van der Waals surface area contributed by atoms with Crippen LogP contribution in [-0.2, 0) is 0 Å². The van der Waals surface area contributed by atoms with Crippen molar-refractivity contribution in [3.05, 3.63) is 83.0 Å². The highest BCUT2D eigenvalue weighted by Crippen LogP contribution is 2.22. The van der Waals surface area contributed by atoms with Gasteiger partial charge in [0.25, 0.3) is 5.91 Å². The summed E-state index contributed by atoms with van der Waals surface area (Å²) in [6.07, 6.45) is 1.75. The molecule has 3 nitrogen and oxygen atoms in total. The van der Waals surface area contributed by atoms with Gasteiger partial charge in [-0.2, -0.15) is 0 Å². The maximum atomic E-state index is 12.5. The molecule has 1 heterocycles. The number of carbonyl (C=O) groups excluding carboxylic acids is 1. The fourth-order valence-electron chi connectivity index (χ4n) is 2.71. The Kier molecular flexibility index (Phi) is 3.75. The molecule has 0 aliphatic rings. The molecule has 0 saturated heterocycles. The lowest BCUT2D eigenvalue weighted by Gasteiger charge is -2.07. The highest BCUT2D eigenvalue weighted by Gasteiger charge is 2.08. The zero-order valence-electron chi connectivity index (χ0n) is 12.7. The van der Waals surface area contributed by atoms with E-state index in [-0.39, 0.29) is 5.91 Å². The molecule has 116 valence electrons. The normalized spacial score (nSPS) is 10.9. The van der Waals surface area contributed by atoms with Crippen molar-refractivity contribution in [2.24, 2.45) is 0 Å². The van der Waals surface area contributed by atoms with Crippen LogP contribution in [0.1, 0.15) is 10.4 Å². The van der Waals surface area contributed by atoms with E-state index in [1.165, 1.54) is 0 Å². The number of aromatic nitrogens is 1. The van der Waals surface area contributed by atoms with Crippen LogP contribution in [0.25, 0.3) is 21.7 Å². The van der Waals surface area contributed by atoms with Crippen molar-refractivity contribution < 1.29 is 4.79 Å². The van der Waals surface area contributed by atoms with Crippen molar-refractivity contribution in [3.63, 3.8) is 0 Å². The molecule has 0 saturated carbocycles. The molecule has 1 aromatic heterocycles. The van der Waals surface area contributed by atoms with Gasteiger partial charge < -0.3 is 5.32 Å². The van der Waals surface area contributed by atoms with Crippen molar-refractivity contribution >= 4 is 49.2 Å². The number of fused-ring (bicyclic) bond motifs is 2. The largest absolute Gasteiger partial charge is 0.322 e. The molecule has 0 unspecified atom stereocenters. The van der Waals surface area contributed by atoms with Gasteiger partial charge in [-0.25, -0.2) is 0 Å². The van der Waals surface area contributed by atoms with E-state index in [0.717, 1.165) is 31.8 Å². The third kappa shape index (κ3) is 2.88. The maximum Gasteiger partial charge on any atom is 0.255 e. The van der Waals surface area contributed by atoms with Crippen molar-refractivity contribution in [1.29, 1.82) is 0 Å². The third-order valence-electron chi connectivity index (χ3n) is 3.93. The first-order valence-corrected chi connectivity index (χ1v) is 8.34. The van der Waals surface area contributed by atoms with Gasteiger partial charge in [0.15, 0.2) is 0 Å². The van der Waals surface area contributed by atoms with Gasteiger partial charge in [0.2, 0.25) is 0 Å². The number of hydrogen-bond donors (Lipinski definition) is 1. The second-order valence-corrected chi connectivity index (χ2v) is 6.49. The van der Waals surface area contributed by atoms with Crippen LogP contribution < -0.4 is 5.32 Å². The Morgan fingerprint density at radius 1 is 0.875 bits per heavy atom. The second-order valence-electron chi connectivity index (χ2n) is 5.57. The summed E-state index contributed by atoms with van der Waals surface area (Å²) in [7, 11) is 0. The molecule has 4 heteroatoms. The number of pyridine rings is 1. The molecular weight excluding hydrogens is 364 g/mol. The predicted octanol–water partition coefficient (Wildman–Crippen LogP) is 5.40. The van der Waals surface area contributed by atoms with Crippen molar-refractivity contribution in [2.45, 2.75) is 0 Å². The molecule has 3 aromatic carbocycles. The highest BCUT2D eigenvalue weighted by molar-refractivity contribution is 9.10. The number of rotatable bonds is 2. The number of carbonyl (C=O) groups is 1. The second kappa shape index (κ2) is 6.06. The van der Waals surface area contributed by atoms with Gasteiger partial charge in [0, 0.05) is 27.3 Å². The average molecular weight is 377 g/mol. The summed E-state index contributed by atoms with van der Waals surface area (Å²) in [5.41, 5.74) is 2.23. The number of nitrogens with one attached hydrogen (secondary N) is 1. The molecule has 0 bridgehead atoms. The van der Waals surface area contributed by atoms with Gasteiger partial charge in [-0.3, -0.25) is 9.78 Å². The van der Waals surface area contributed by atoms with Crippen molar-refractivity contribution in [3.8, 4) is 0 Å². The number of nitrogens with zero attached hydrogens (tertiary/aromatic N) is 1. The molecule has 24 heavy (non-hydrogen) atoms. The van der Waals surface area contributed by atoms with E-state index < -0.39 is 0 Å². The summed E-state index contributed by atoms with van der Waals surface area (Å²) < 4.78 is 1.02. The molecule has 0 radical (unpaired) electrons. The van der Waals surface area contributed by atoms with Crippen LogP contribution in [0.15, 0.2) is 77.4 Å². The van der Waals surface area contributed by atoms with E-state index in [2.05, 4.69) is 26.2 Å². The van der Waals surface area contributed by atoms with Gasteiger partial charge >= 0.3 is 0 Å². The minimum absolute atomic E-state index is 0.130. The number of halogens is 1. The minimum Gasteiger partial charge on any atom is -0.322 e. The third-order valence-corrected chi connectivity index (χ3v) is 4.42. The van der Waals surface area contributed by atoms with Crippen LogP contribution in [0.3, 0.4) is 0 Å². The standard InChI is InChI=1S/C20H13BrN2O/c21-17-7-5-14-10-16(4-3-15(14)11-17)20(24)23-18-8-6-13-2-1-9-22-19(13)12-18/h1-12H,(H,23,24). The van der Waals surface area contributed by atoms with Gasteiger partial charge in [0.05, 0.1) is 5.52 Å². The van der Waals surface area contributed by atoms with Gasteiger partial charge in [-0.1, -0.05) is 40.2 Å². The molecular formula is C20H13BrN2O. The van der Waals surface area contributed by atoms with Crippen LogP contribution >= 0.6 is 15.9 Å². The Morgan fingerprint density at radius 2 is 1.67 bits per heavy atom. The maximum absolute atomic E-state index is 12.5. The lowest BCUT2D eigenvalue weighted by atomic mass is 10.1. The molecule has 0 fully saturated rings. The van der Waals surface area contributed by atoms with Crippen molar-refractivity contribution in [1.82, 2.24) is 4.98 Å². The molecule has 4 rings (SSSR count). The van der Waals surface area contributed by atoms with Gasteiger partial charge in [0.1, 0.15) is 0 Å². The van der Waals surface area contributed by atoms with Gasteiger partial charge in [-0.15, -0.1) is 0 Å². The number of amides is 1. The molecule has 1 amide bonds. The Balaban J connectivity index is 1.64. The summed E-state index contributed by atoms with van der Waals surface area (Å²) in [4.78, 5) is 16.8. The molecule has 1 N–H and O–H groups in total. The predicted molar refractivity (Wildman–Crippen MR) is 101 cm³/mol. The Bertz CT molecular complexity index is 1080. The van der Waals surface area contributed by atoms with E-state index in [4.69, 9.17) is 0 Å². The number of benzene rings is 3. The monoisotopic (exact) mass is 376 g/mol. The lowest BCUT2D eigenvalue weighted by molar-refractivity contribution is 0.102. The first kappa shape index (κ1) is 14.8. The van der Waals surface area contributed by atoms with E-state index in [1.54, 1.807) is 6.20 Å². The first-order chi connectivity index (χ1) is 11.7. The quantitative estimate of drug-likeness (QED) is 0.508. The zero-order valence-corrected chi connectivity index (χ0v) is 14.2. The topological polar surface area (TPSA) is 42.0 Å². The zero-order chi connectivity index (χ0) is 16.5. The van der Waals surface area contributed by atoms with Crippen LogP contribution in [0.4, 0.5) is 5.69 Å². The fraction of sp³-hybridized carbons (Fsp3) is 0. The van der Waals surface area contributed by atoms with Crippen molar-refractivity contribution in [2.75, 3.05) is 5.32 Å². The molecule has 0 aliphatic heterocycles. The molecule has 0 spiro atoms. The lowest BCUT2D eigenvalue weighted by Crippen LogP contribution is -2.11. The molecule has 0 atom stereocenters. The smallest absolute Gasteiger partial charge is 0.255 e. The molecule has 4 aromatic rings. The highest BCUT2D eigenvalue weighted by atomic mass is 79.9. The summed E-state index contributed by atoms with van der Waals surface area (Å²) >= 11 is 3.46. The Labute approximate surface area is 147 Å². The summed E-state index contributed by atoms with van der Waals surface area (Å²) in [5.74, 6) is -0.130. The number of anilines is 1. The average Bonchev–Trinajstić information content (AvgIpc) is 2.61.